The largest absolute Gasteiger partial charge is 0.393 e. The SMILES string of the molecule is OC1CCC(Nc2nc(Cc3ccccc3)cc(Nc3nc4ccc(F)cc4s3)n2)CC1. The average Bonchev–Trinajstić information content (AvgIpc) is 3.17. The second-order valence-corrected chi connectivity index (χ2v) is 9.17. The molecule has 0 unspecified atom stereocenters. The number of thiazole rings is 1. The lowest BCUT2D eigenvalue weighted by Crippen LogP contribution is -2.29. The van der Waals surface area contributed by atoms with Crippen LogP contribution in [0.1, 0.15) is 36.9 Å². The van der Waals surface area contributed by atoms with E-state index < -0.39 is 0 Å². The Morgan fingerprint density at radius 3 is 2.59 bits per heavy atom. The summed E-state index contributed by atoms with van der Waals surface area (Å²) in [5, 5.41) is 17.2. The topological polar surface area (TPSA) is 83.0 Å². The Hall–Kier alpha value is -3.10. The maximum atomic E-state index is 13.5. The summed E-state index contributed by atoms with van der Waals surface area (Å²) in [6, 6.07) is 16.9. The van der Waals surface area contributed by atoms with Gasteiger partial charge in [-0.05, 0) is 49.4 Å². The molecule has 0 saturated heterocycles. The third kappa shape index (κ3) is 5.03. The van der Waals surface area contributed by atoms with Crippen LogP contribution in [0.3, 0.4) is 0 Å². The molecule has 3 N–H and O–H groups in total. The smallest absolute Gasteiger partial charge is 0.225 e. The molecular weight excluding hydrogens is 425 g/mol. The Morgan fingerprint density at radius 2 is 1.78 bits per heavy atom. The standard InChI is InChI=1S/C24H24FN5OS/c25-16-6-11-20-21(13-16)32-24(28-20)30-22-14-18(12-15-4-2-1-3-5-15)27-23(29-22)26-17-7-9-19(31)10-8-17/h1-6,11,13-14,17,19,31H,7-10,12H2,(H2,26,27,28,29,30). The number of hydrogen-bond donors (Lipinski definition) is 3. The van der Waals surface area contributed by atoms with E-state index in [9.17, 15) is 9.50 Å². The van der Waals surface area contributed by atoms with Gasteiger partial charge in [-0.15, -0.1) is 0 Å². The molecule has 8 heteroatoms. The molecule has 4 aromatic rings. The fourth-order valence-electron chi connectivity index (χ4n) is 3.99. The molecule has 0 spiro atoms. The number of halogens is 1. The van der Waals surface area contributed by atoms with Crippen molar-refractivity contribution < 1.29 is 9.50 Å². The van der Waals surface area contributed by atoms with E-state index in [-0.39, 0.29) is 18.0 Å². The maximum Gasteiger partial charge on any atom is 0.225 e. The fourth-order valence-corrected chi connectivity index (χ4v) is 4.88. The van der Waals surface area contributed by atoms with Crippen molar-refractivity contribution in [3.63, 3.8) is 0 Å². The van der Waals surface area contributed by atoms with Gasteiger partial charge in [0, 0.05) is 18.5 Å². The number of aromatic nitrogens is 3. The lowest BCUT2D eigenvalue weighted by atomic mass is 9.93. The predicted octanol–water partition coefficient (Wildman–Crippen LogP) is 5.28. The van der Waals surface area contributed by atoms with Gasteiger partial charge in [-0.1, -0.05) is 41.7 Å². The molecule has 0 aliphatic heterocycles. The molecule has 0 atom stereocenters. The molecule has 1 aliphatic rings. The molecule has 0 bridgehead atoms. The van der Waals surface area contributed by atoms with Gasteiger partial charge in [0.05, 0.1) is 22.0 Å². The highest BCUT2D eigenvalue weighted by Crippen LogP contribution is 2.29. The van der Waals surface area contributed by atoms with Gasteiger partial charge < -0.3 is 15.7 Å². The van der Waals surface area contributed by atoms with Crippen molar-refractivity contribution in [2.24, 2.45) is 0 Å². The number of aliphatic hydroxyl groups is 1. The Balaban J connectivity index is 1.42. The Bertz CT molecular complexity index is 1210. The van der Waals surface area contributed by atoms with Crippen molar-refractivity contribution in [2.45, 2.75) is 44.2 Å². The summed E-state index contributed by atoms with van der Waals surface area (Å²) >= 11 is 1.39. The van der Waals surface area contributed by atoms with Gasteiger partial charge in [-0.25, -0.2) is 14.4 Å². The number of aliphatic hydroxyl groups excluding tert-OH is 1. The zero-order valence-electron chi connectivity index (χ0n) is 17.5. The van der Waals surface area contributed by atoms with Crippen LogP contribution in [0.4, 0.5) is 21.3 Å². The van der Waals surface area contributed by atoms with Gasteiger partial charge in [-0.3, -0.25) is 0 Å². The minimum absolute atomic E-state index is 0.209. The average molecular weight is 450 g/mol. The van der Waals surface area contributed by atoms with Crippen molar-refractivity contribution in [1.29, 1.82) is 0 Å². The first kappa shape index (κ1) is 20.8. The van der Waals surface area contributed by atoms with Gasteiger partial charge in [0.15, 0.2) is 5.13 Å². The lowest BCUT2D eigenvalue weighted by Gasteiger charge is -2.26. The number of hydrogen-bond acceptors (Lipinski definition) is 7. The molecule has 2 heterocycles. The minimum atomic E-state index is -0.274. The van der Waals surface area contributed by atoms with E-state index in [1.165, 1.54) is 29.0 Å². The normalized spacial score (nSPS) is 18.6. The lowest BCUT2D eigenvalue weighted by molar-refractivity contribution is 0.126. The summed E-state index contributed by atoms with van der Waals surface area (Å²) in [5.74, 6) is 0.933. The highest BCUT2D eigenvalue weighted by molar-refractivity contribution is 7.22. The van der Waals surface area contributed by atoms with Crippen LogP contribution in [0.25, 0.3) is 10.2 Å². The molecule has 5 rings (SSSR count). The van der Waals surface area contributed by atoms with Crippen LogP contribution in [0.2, 0.25) is 0 Å². The summed E-state index contributed by atoms with van der Waals surface area (Å²) in [6.07, 6.45) is 3.82. The number of rotatable bonds is 6. The number of fused-ring (bicyclic) bond motifs is 1. The van der Waals surface area contributed by atoms with Crippen molar-refractivity contribution in [1.82, 2.24) is 15.0 Å². The number of nitrogens with one attached hydrogen (secondary N) is 2. The van der Waals surface area contributed by atoms with Crippen molar-refractivity contribution in [2.75, 3.05) is 10.6 Å². The van der Waals surface area contributed by atoms with Crippen LogP contribution in [0.5, 0.6) is 0 Å². The molecule has 32 heavy (non-hydrogen) atoms. The highest BCUT2D eigenvalue weighted by Gasteiger charge is 2.20. The Labute approximate surface area is 189 Å². The monoisotopic (exact) mass is 449 g/mol. The van der Waals surface area contributed by atoms with Crippen LogP contribution in [-0.2, 0) is 6.42 Å². The second-order valence-electron chi connectivity index (χ2n) is 8.14. The first-order valence-electron chi connectivity index (χ1n) is 10.8. The maximum absolute atomic E-state index is 13.5. The van der Waals surface area contributed by atoms with Gasteiger partial charge in [0.25, 0.3) is 0 Å². The highest BCUT2D eigenvalue weighted by atomic mass is 32.1. The summed E-state index contributed by atoms with van der Waals surface area (Å²) < 4.78 is 14.3. The Morgan fingerprint density at radius 1 is 0.969 bits per heavy atom. The molecule has 1 aliphatic carbocycles. The second kappa shape index (κ2) is 9.18. The molecule has 1 fully saturated rings. The number of benzene rings is 2. The molecule has 164 valence electrons. The number of anilines is 3. The van der Waals surface area contributed by atoms with Crippen LogP contribution >= 0.6 is 11.3 Å². The molecule has 2 aromatic heterocycles. The van der Waals surface area contributed by atoms with Gasteiger partial charge in [-0.2, -0.15) is 4.98 Å². The quantitative estimate of drug-likeness (QED) is 0.372. The minimum Gasteiger partial charge on any atom is -0.393 e. The van der Waals surface area contributed by atoms with E-state index in [0.29, 0.717) is 23.3 Å². The van der Waals surface area contributed by atoms with Crippen LogP contribution in [-0.4, -0.2) is 32.2 Å². The summed E-state index contributed by atoms with van der Waals surface area (Å²) in [6.45, 7) is 0. The third-order valence-corrected chi connectivity index (χ3v) is 6.56. The van der Waals surface area contributed by atoms with E-state index in [4.69, 9.17) is 4.98 Å². The first-order chi connectivity index (χ1) is 15.6. The number of nitrogens with zero attached hydrogens (tertiary/aromatic N) is 3. The van der Waals surface area contributed by atoms with Gasteiger partial charge >= 0.3 is 0 Å². The van der Waals surface area contributed by atoms with Gasteiger partial charge in [0.1, 0.15) is 11.6 Å². The molecule has 2 aromatic carbocycles. The molecular formula is C24H24FN5OS. The zero-order valence-corrected chi connectivity index (χ0v) is 18.3. The van der Waals surface area contributed by atoms with Crippen LogP contribution in [0.15, 0.2) is 54.6 Å². The van der Waals surface area contributed by atoms with Crippen LogP contribution < -0.4 is 10.6 Å². The fraction of sp³-hybridized carbons (Fsp3) is 0.292. The summed E-state index contributed by atoms with van der Waals surface area (Å²) in [5.41, 5.74) is 2.80. The third-order valence-electron chi connectivity index (χ3n) is 5.62. The van der Waals surface area contributed by atoms with E-state index in [0.717, 1.165) is 41.6 Å². The molecule has 0 radical (unpaired) electrons. The van der Waals surface area contributed by atoms with E-state index in [1.54, 1.807) is 6.07 Å². The van der Waals surface area contributed by atoms with Crippen molar-refractivity contribution in [3.05, 3.63) is 71.7 Å². The molecule has 0 amide bonds. The zero-order chi connectivity index (χ0) is 21.9. The van der Waals surface area contributed by atoms with Crippen LogP contribution in [0, 0.1) is 5.82 Å². The van der Waals surface area contributed by atoms with E-state index in [1.807, 2.05) is 24.3 Å². The van der Waals surface area contributed by atoms with E-state index >= 15 is 0 Å². The summed E-state index contributed by atoms with van der Waals surface area (Å²) in [7, 11) is 0. The van der Waals surface area contributed by atoms with Crippen molar-refractivity contribution in [3.8, 4) is 0 Å². The predicted molar refractivity (Wildman–Crippen MR) is 126 cm³/mol. The van der Waals surface area contributed by atoms with Crippen molar-refractivity contribution >= 4 is 38.5 Å². The first-order valence-corrected chi connectivity index (χ1v) is 11.6. The van der Waals surface area contributed by atoms with Gasteiger partial charge in [0.2, 0.25) is 5.95 Å². The molecule has 6 nitrogen and oxygen atoms in total. The Kier molecular flexibility index (Phi) is 5.96. The van der Waals surface area contributed by atoms with E-state index in [2.05, 4.69) is 32.7 Å². The summed E-state index contributed by atoms with van der Waals surface area (Å²) in [4.78, 5) is 14.0. The molecule has 1 saturated carbocycles.